The van der Waals surface area contributed by atoms with E-state index < -0.39 is 23.5 Å². The Morgan fingerprint density at radius 2 is 1.79 bits per heavy atom. The van der Waals surface area contributed by atoms with Crippen LogP contribution in [-0.4, -0.2) is 83.8 Å². The van der Waals surface area contributed by atoms with E-state index in [4.69, 9.17) is 4.74 Å². The number of hydrogen-bond donors (Lipinski definition) is 3. The molecule has 10 nitrogen and oxygen atoms in total. The Bertz CT molecular complexity index is 1090. The SMILES string of the molecule is CCN[C@@H](C)C(=O)N[C@H]1CN(C(=O)C(C)(C)C)CC[C@H]2CC[C@@H](C(=O)N[C@@H]3CCOc4ccccc43)N2C1=O. The number of likely N-dealkylation sites (N-methyl/N-ethyl adjacent to an activating group) is 1. The fourth-order valence-electron chi connectivity index (χ4n) is 5.85. The molecule has 1 aromatic carbocycles. The lowest BCUT2D eigenvalue weighted by molar-refractivity contribution is -0.149. The molecule has 0 saturated carbocycles. The maximum absolute atomic E-state index is 14.1. The van der Waals surface area contributed by atoms with Crippen molar-refractivity contribution in [1.82, 2.24) is 25.8 Å². The summed E-state index contributed by atoms with van der Waals surface area (Å²) in [5.74, 6) is -0.111. The first kappa shape index (κ1) is 28.9. The van der Waals surface area contributed by atoms with Crippen molar-refractivity contribution in [2.45, 2.75) is 90.5 Å². The standard InChI is InChI=1S/C29H43N5O5/c1-6-30-18(2)25(35)32-22-17-33(28(38)29(3,4)5)15-13-19-11-12-23(34(19)27(22)37)26(36)31-21-14-16-39-24-10-8-7-9-20(21)24/h7-10,18-19,21-23,30H,6,11-17H2,1-5H3,(H,31,36)(H,32,35)/t18-,19+,21+,22-,23-/m0/s1. The average Bonchev–Trinajstić information content (AvgIpc) is 3.32. The Balaban J connectivity index is 1.56. The third-order valence-electron chi connectivity index (χ3n) is 7.92. The van der Waals surface area contributed by atoms with E-state index in [0.717, 1.165) is 11.3 Å². The first-order valence-corrected chi connectivity index (χ1v) is 14.2. The van der Waals surface area contributed by atoms with Crippen LogP contribution in [-0.2, 0) is 19.2 Å². The molecule has 0 bridgehead atoms. The van der Waals surface area contributed by atoms with E-state index in [1.165, 1.54) is 0 Å². The summed E-state index contributed by atoms with van der Waals surface area (Å²) in [6.45, 7) is 10.9. The fourth-order valence-corrected chi connectivity index (χ4v) is 5.85. The second kappa shape index (κ2) is 11.9. The van der Waals surface area contributed by atoms with Crippen LogP contribution in [0.1, 0.15) is 71.9 Å². The van der Waals surface area contributed by atoms with E-state index in [1.54, 1.807) is 16.7 Å². The molecule has 4 amide bonds. The number of hydrogen-bond acceptors (Lipinski definition) is 6. The number of ether oxygens (including phenoxy) is 1. The number of amides is 4. The summed E-state index contributed by atoms with van der Waals surface area (Å²) in [4.78, 5) is 57.3. The first-order valence-electron chi connectivity index (χ1n) is 14.2. The van der Waals surface area contributed by atoms with Crippen molar-refractivity contribution in [2.24, 2.45) is 5.41 Å². The van der Waals surface area contributed by atoms with Gasteiger partial charge in [0.2, 0.25) is 23.6 Å². The quantitative estimate of drug-likeness (QED) is 0.505. The molecule has 5 atom stereocenters. The van der Waals surface area contributed by atoms with E-state index in [2.05, 4.69) is 16.0 Å². The fraction of sp³-hybridized carbons (Fsp3) is 0.655. The number of carbonyl (C=O) groups excluding carboxylic acids is 4. The normalized spacial score (nSPS) is 25.9. The third kappa shape index (κ3) is 6.37. The highest BCUT2D eigenvalue weighted by atomic mass is 16.5. The van der Waals surface area contributed by atoms with Crippen LogP contribution in [0.15, 0.2) is 24.3 Å². The maximum Gasteiger partial charge on any atom is 0.247 e. The lowest BCUT2D eigenvalue weighted by atomic mass is 9.93. The summed E-state index contributed by atoms with van der Waals surface area (Å²) in [5, 5.41) is 9.13. The molecule has 2 fully saturated rings. The van der Waals surface area contributed by atoms with Gasteiger partial charge >= 0.3 is 0 Å². The van der Waals surface area contributed by atoms with Gasteiger partial charge in [-0.25, -0.2) is 0 Å². The molecule has 0 aromatic heterocycles. The Morgan fingerprint density at radius 1 is 1.05 bits per heavy atom. The highest BCUT2D eigenvalue weighted by Gasteiger charge is 2.46. The lowest BCUT2D eigenvalue weighted by Crippen LogP contribution is -2.63. The molecule has 0 radical (unpaired) electrons. The molecule has 10 heteroatoms. The van der Waals surface area contributed by atoms with Crippen LogP contribution in [0.2, 0.25) is 0 Å². The average molecular weight is 542 g/mol. The zero-order valence-electron chi connectivity index (χ0n) is 23.8. The van der Waals surface area contributed by atoms with Crippen LogP contribution < -0.4 is 20.7 Å². The van der Waals surface area contributed by atoms with Crippen LogP contribution in [0, 0.1) is 5.41 Å². The largest absolute Gasteiger partial charge is 0.493 e. The molecule has 214 valence electrons. The minimum absolute atomic E-state index is 0.0618. The summed E-state index contributed by atoms with van der Waals surface area (Å²) in [6, 6.07) is 5.23. The Hall–Kier alpha value is -3.14. The van der Waals surface area contributed by atoms with E-state index in [9.17, 15) is 19.2 Å². The van der Waals surface area contributed by atoms with Gasteiger partial charge in [0.05, 0.1) is 18.7 Å². The van der Waals surface area contributed by atoms with Crippen molar-refractivity contribution in [3.63, 3.8) is 0 Å². The summed E-state index contributed by atoms with van der Waals surface area (Å²) >= 11 is 0. The topological polar surface area (TPSA) is 120 Å². The van der Waals surface area contributed by atoms with Gasteiger partial charge < -0.3 is 30.5 Å². The van der Waals surface area contributed by atoms with Crippen molar-refractivity contribution in [3.05, 3.63) is 29.8 Å². The minimum Gasteiger partial charge on any atom is -0.493 e. The van der Waals surface area contributed by atoms with Crippen LogP contribution in [0.25, 0.3) is 0 Å². The van der Waals surface area contributed by atoms with Gasteiger partial charge in [-0.2, -0.15) is 0 Å². The van der Waals surface area contributed by atoms with Crippen molar-refractivity contribution in [2.75, 3.05) is 26.2 Å². The van der Waals surface area contributed by atoms with E-state index in [-0.39, 0.29) is 42.3 Å². The van der Waals surface area contributed by atoms with E-state index in [1.807, 2.05) is 52.0 Å². The van der Waals surface area contributed by atoms with E-state index in [0.29, 0.717) is 45.4 Å². The van der Waals surface area contributed by atoms with Crippen LogP contribution in [0.4, 0.5) is 0 Å². The Kier molecular flexibility index (Phi) is 8.83. The molecule has 2 saturated heterocycles. The smallest absolute Gasteiger partial charge is 0.247 e. The summed E-state index contributed by atoms with van der Waals surface area (Å²) < 4.78 is 5.74. The van der Waals surface area contributed by atoms with Crippen molar-refractivity contribution in [1.29, 1.82) is 0 Å². The Labute approximate surface area is 231 Å². The van der Waals surface area contributed by atoms with Gasteiger partial charge in [0.15, 0.2) is 0 Å². The number of rotatable bonds is 6. The van der Waals surface area contributed by atoms with Crippen LogP contribution >= 0.6 is 0 Å². The van der Waals surface area contributed by atoms with Gasteiger partial charge in [0.1, 0.15) is 17.8 Å². The molecule has 0 spiro atoms. The second-order valence-corrected chi connectivity index (χ2v) is 11.9. The van der Waals surface area contributed by atoms with Gasteiger partial charge in [-0.1, -0.05) is 45.9 Å². The monoisotopic (exact) mass is 541 g/mol. The number of nitrogens with zero attached hydrogens (tertiary/aromatic N) is 2. The second-order valence-electron chi connectivity index (χ2n) is 11.9. The van der Waals surface area contributed by atoms with Gasteiger partial charge in [0, 0.05) is 36.5 Å². The molecule has 1 aromatic rings. The van der Waals surface area contributed by atoms with Gasteiger partial charge in [-0.05, 0) is 38.8 Å². The zero-order chi connectivity index (χ0) is 28.3. The lowest BCUT2D eigenvalue weighted by Gasteiger charge is -2.40. The molecule has 3 aliphatic rings. The molecule has 4 rings (SSSR count). The number of fused-ring (bicyclic) bond motifs is 2. The highest BCUT2D eigenvalue weighted by molar-refractivity contribution is 5.94. The first-order chi connectivity index (χ1) is 18.5. The number of para-hydroxylation sites is 1. The number of carbonyl (C=O) groups is 4. The molecule has 3 aliphatic heterocycles. The van der Waals surface area contributed by atoms with Crippen molar-refractivity contribution < 1.29 is 23.9 Å². The van der Waals surface area contributed by atoms with Crippen LogP contribution in [0.3, 0.4) is 0 Å². The van der Waals surface area contributed by atoms with Gasteiger partial charge in [-0.15, -0.1) is 0 Å². The van der Waals surface area contributed by atoms with Gasteiger partial charge in [-0.3, -0.25) is 19.2 Å². The predicted octanol–water partition coefficient (Wildman–Crippen LogP) is 1.75. The molecule has 0 aliphatic carbocycles. The zero-order valence-corrected chi connectivity index (χ0v) is 23.8. The molecule has 0 unspecified atom stereocenters. The molecule has 3 heterocycles. The van der Waals surface area contributed by atoms with Gasteiger partial charge in [0.25, 0.3) is 0 Å². The number of nitrogens with one attached hydrogen (secondary N) is 3. The summed E-state index contributed by atoms with van der Waals surface area (Å²) in [5.41, 5.74) is 0.315. The molecular weight excluding hydrogens is 498 g/mol. The Morgan fingerprint density at radius 3 is 2.51 bits per heavy atom. The highest BCUT2D eigenvalue weighted by Crippen LogP contribution is 2.34. The molecule has 39 heavy (non-hydrogen) atoms. The molecule has 3 N–H and O–H groups in total. The van der Waals surface area contributed by atoms with E-state index >= 15 is 0 Å². The summed E-state index contributed by atoms with van der Waals surface area (Å²) in [6.07, 6.45) is 2.44. The predicted molar refractivity (Wildman–Crippen MR) is 147 cm³/mol. The van der Waals surface area contributed by atoms with Crippen molar-refractivity contribution >= 4 is 23.6 Å². The van der Waals surface area contributed by atoms with Crippen molar-refractivity contribution in [3.8, 4) is 5.75 Å². The summed E-state index contributed by atoms with van der Waals surface area (Å²) in [7, 11) is 0. The third-order valence-corrected chi connectivity index (χ3v) is 7.92. The van der Waals surface area contributed by atoms with Crippen LogP contribution in [0.5, 0.6) is 5.75 Å². The maximum atomic E-state index is 14.1. The minimum atomic E-state index is -0.940. The number of benzene rings is 1. The molecular formula is C29H43N5O5.